The number of piperidine rings is 1. The molecule has 1 aliphatic rings. The summed E-state index contributed by atoms with van der Waals surface area (Å²) in [5.41, 5.74) is 7.75. The number of amides is 1. The molecule has 1 unspecified atom stereocenters. The third-order valence-electron chi connectivity index (χ3n) is 6.00. The maximum absolute atomic E-state index is 14.4. The van der Waals surface area contributed by atoms with Crippen LogP contribution in [0.3, 0.4) is 0 Å². The molecule has 160 valence electrons. The molecule has 1 atom stereocenters. The molecular formula is C24H26FN5O. The summed E-state index contributed by atoms with van der Waals surface area (Å²) in [6.45, 7) is 4.83. The van der Waals surface area contributed by atoms with Gasteiger partial charge in [-0.25, -0.2) is 14.4 Å². The Morgan fingerprint density at radius 1 is 1.06 bits per heavy atom. The van der Waals surface area contributed by atoms with Crippen LogP contribution in [0.25, 0.3) is 11.1 Å². The summed E-state index contributed by atoms with van der Waals surface area (Å²) < 4.78 is 14.4. The molecule has 2 aromatic heterocycles. The Kier molecular flexibility index (Phi) is 5.67. The van der Waals surface area contributed by atoms with E-state index in [2.05, 4.69) is 15.0 Å². The van der Waals surface area contributed by atoms with E-state index in [9.17, 15) is 9.18 Å². The molecule has 31 heavy (non-hydrogen) atoms. The van der Waals surface area contributed by atoms with Crippen molar-refractivity contribution in [3.8, 4) is 11.1 Å². The first-order chi connectivity index (χ1) is 14.9. The van der Waals surface area contributed by atoms with Crippen LogP contribution < -0.4 is 5.73 Å². The molecule has 0 bridgehead atoms. The third kappa shape index (κ3) is 4.26. The van der Waals surface area contributed by atoms with Gasteiger partial charge in [0.1, 0.15) is 5.82 Å². The summed E-state index contributed by atoms with van der Waals surface area (Å²) in [6, 6.07) is 10.5. The molecule has 3 heterocycles. The Labute approximate surface area is 181 Å². The lowest BCUT2D eigenvalue weighted by Crippen LogP contribution is -2.47. The van der Waals surface area contributed by atoms with Crippen molar-refractivity contribution in [3.05, 3.63) is 72.1 Å². The molecule has 1 amide bonds. The highest BCUT2D eigenvalue weighted by Crippen LogP contribution is 2.32. The van der Waals surface area contributed by atoms with E-state index in [0.717, 1.165) is 29.7 Å². The summed E-state index contributed by atoms with van der Waals surface area (Å²) in [4.78, 5) is 27.9. The molecular weight excluding hydrogens is 393 g/mol. The summed E-state index contributed by atoms with van der Waals surface area (Å²) in [6.07, 6.45) is 6.99. The first kappa shape index (κ1) is 20.9. The van der Waals surface area contributed by atoms with E-state index < -0.39 is 5.41 Å². The Hall–Kier alpha value is -3.35. The minimum absolute atomic E-state index is 0.0575. The van der Waals surface area contributed by atoms with Crippen LogP contribution >= 0.6 is 0 Å². The van der Waals surface area contributed by atoms with Gasteiger partial charge in [0.25, 0.3) is 0 Å². The average Bonchev–Trinajstić information content (AvgIpc) is 2.79. The smallest absolute Gasteiger partial charge is 0.232 e. The zero-order valence-electron chi connectivity index (χ0n) is 17.8. The van der Waals surface area contributed by atoms with E-state index in [1.54, 1.807) is 50.6 Å². The van der Waals surface area contributed by atoms with E-state index in [4.69, 9.17) is 5.73 Å². The molecule has 7 heteroatoms. The highest BCUT2D eigenvalue weighted by molar-refractivity contribution is 5.87. The van der Waals surface area contributed by atoms with Crippen LogP contribution in [0.15, 0.2) is 55.0 Å². The second-order valence-corrected chi connectivity index (χ2v) is 8.50. The number of nitrogens with two attached hydrogens (primary N) is 1. The van der Waals surface area contributed by atoms with Gasteiger partial charge in [0.2, 0.25) is 11.9 Å². The van der Waals surface area contributed by atoms with Crippen molar-refractivity contribution >= 4 is 11.9 Å². The van der Waals surface area contributed by atoms with Gasteiger partial charge in [-0.1, -0.05) is 24.3 Å². The number of benzene rings is 1. The van der Waals surface area contributed by atoms with Crippen LogP contribution in [0.2, 0.25) is 0 Å². The van der Waals surface area contributed by atoms with Crippen LogP contribution in [-0.2, 0) is 10.2 Å². The largest absolute Gasteiger partial charge is 0.368 e. The van der Waals surface area contributed by atoms with Gasteiger partial charge in [0.05, 0.1) is 5.41 Å². The second-order valence-electron chi connectivity index (χ2n) is 8.50. The number of hydrogen-bond donors (Lipinski definition) is 1. The van der Waals surface area contributed by atoms with E-state index in [1.165, 1.54) is 6.07 Å². The molecule has 1 saturated heterocycles. The molecule has 0 radical (unpaired) electrons. The number of aromatic nitrogens is 3. The number of halogens is 1. The molecule has 1 fully saturated rings. The van der Waals surface area contributed by atoms with Crippen molar-refractivity contribution in [2.75, 3.05) is 18.8 Å². The molecule has 0 saturated carbocycles. The number of hydrogen-bond acceptors (Lipinski definition) is 5. The van der Waals surface area contributed by atoms with Gasteiger partial charge in [-0.3, -0.25) is 9.78 Å². The second kappa shape index (κ2) is 8.41. The lowest BCUT2D eigenvalue weighted by molar-refractivity contribution is -0.137. The number of nitrogens with zero attached hydrogens (tertiary/aromatic N) is 4. The van der Waals surface area contributed by atoms with E-state index in [-0.39, 0.29) is 23.6 Å². The fourth-order valence-corrected chi connectivity index (χ4v) is 4.19. The van der Waals surface area contributed by atoms with Crippen molar-refractivity contribution in [1.29, 1.82) is 0 Å². The first-order valence-electron chi connectivity index (χ1n) is 10.4. The van der Waals surface area contributed by atoms with Gasteiger partial charge in [0, 0.05) is 60.0 Å². The number of carbonyl (C=O) groups is 1. The lowest BCUT2D eigenvalue weighted by atomic mass is 9.81. The van der Waals surface area contributed by atoms with Gasteiger partial charge in [-0.2, -0.15) is 0 Å². The van der Waals surface area contributed by atoms with Crippen LogP contribution in [0.4, 0.5) is 10.3 Å². The van der Waals surface area contributed by atoms with E-state index in [1.807, 2.05) is 17.0 Å². The van der Waals surface area contributed by atoms with Gasteiger partial charge in [-0.05, 0) is 38.8 Å². The summed E-state index contributed by atoms with van der Waals surface area (Å²) in [5.74, 6) is -0.0271. The molecule has 2 N–H and O–H groups in total. The Morgan fingerprint density at radius 3 is 2.45 bits per heavy atom. The predicted molar refractivity (Wildman–Crippen MR) is 118 cm³/mol. The van der Waals surface area contributed by atoms with Gasteiger partial charge in [0.15, 0.2) is 0 Å². The molecule has 4 rings (SSSR count). The first-order valence-corrected chi connectivity index (χ1v) is 10.4. The Balaban J connectivity index is 1.50. The molecule has 3 aromatic rings. The molecule has 1 aliphatic heterocycles. The minimum Gasteiger partial charge on any atom is -0.368 e. The van der Waals surface area contributed by atoms with Crippen molar-refractivity contribution < 1.29 is 9.18 Å². The number of pyridine rings is 1. The van der Waals surface area contributed by atoms with Crippen molar-refractivity contribution in [1.82, 2.24) is 19.9 Å². The van der Waals surface area contributed by atoms with Crippen molar-refractivity contribution in [2.45, 2.75) is 38.0 Å². The summed E-state index contributed by atoms with van der Waals surface area (Å²) in [7, 11) is 0. The average molecular weight is 420 g/mol. The van der Waals surface area contributed by atoms with E-state index in [0.29, 0.717) is 18.7 Å². The van der Waals surface area contributed by atoms with Gasteiger partial charge in [-0.15, -0.1) is 0 Å². The molecule has 0 spiro atoms. The normalized spacial score (nSPS) is 16.9. The quantitative estimate of drug-likeness (QED) is 0.692. The van der Waals surface area contributed by atoms with Gasteiger partial charge >= 0.3 is 0 Å². The maximum atomic E-state index is 14.4. The number of carbonyl (C=O) groups excluding carboxylic acids is 1. The zero-order valence-corrected chi connectivity index (χ0v) is 17.8. The van der Waals surface area contributed by atoms with Crippen molar-refractivity contribution in [3.63, 3.8) is 0 Å². The third-order valence-corrected chi connectivity index (χ3v) is 6.00. The summed E-state index contributed by atoms with van der Waals surface area (Å²) in [5, 5.41) is 0. The highest BCUT2D eigenvalue weighted by atomic mass is 19.1. The maximum Gasteiger partial charge on any atom is 0.232 e. The SMILES string of the molecule is CC(C)(C(=O)N1CCCC(c2ccc(-c3cnc(N)nc3)cn2)C1)c1ccccc1F. The van der Waals surface area contributed by atoms with Gasteiger partial charge < -0.3 is 10.6 Å². The molecule has 6 nitrogen and oxygen atoms in total. The fraction of sp³-hybridized carbons (Fsp3) is 0.333. The minimum atomic E-state index is -0.931. The topological polar surface area (TPSA) is 85.0 Å². The number of anilines is 1. The molecule has 1 aromatic carbocycles. The molecule has 0 aliphatic carbocycles. The predicted octanol–water partition coefficient (Wildman–Crippen LogP) is 3.94. The lowest BCUT2D eigenvalue weighted by Gasteiger charge is -2.37. The van der Waals surface area contributed by atoms with Crippen molar-refractivity contribution in [2.24, 2.45) is 0 Å². The van der Waals surface area contributed by atoms with Crippen LogP contribution in [-0.4, -0.2) is 38.8 Å². The Bertz CT molecular complexity index is 1070. The Morgan fingerprint density at radius 2 is 1.77 bits per heavy atom. The van der Waals surface area contributed by atoms with Crippen LogP contribution in [0.1, 0.15) is 43.9 Å². The standard InChI is InChI=1S/C24H26FN5O/c1-24(2,19-7-3-4-8-20(19)25)22(31)30-11-5-6-17(15-30)21-10-9-16(12-27-21)18-13-28-23(26)29-14-18/h3-4,7-10,12-14,17H,5-6,11,15H2,1-2H3,(H2,26,28,29). The van der Waals surface area contributed by atoms with E-state index >= 15 is 0 Å². The summed E-state index contributed by atoms with van der Waals surface area (Å²) >= 11 is 0. The van der Waals surface area contributed by atoms with Crippen LogP contribution in [0, 0.1) is 5.82 Å². The highest BCUT2D eigenvalue weighted by Gasteiger charge is 2.37. The van der Waals surface area contributed by atoms with Crippen LogP contribution in [0.5, 0.6) is 0 Å². The number of rotatable bonds is 4. The number of nitrogen functional groups attached to an aromatic ring is 1. The monoisotopic (exact) mass is 419 g/mol. The fourth-order valence-electron chi connectivity index (χ4n) is 4.19. The number of likely N-dealkylation sites (tertiary alicyclic amines) is 1. The zero-order chi connectivity index (χ0) is 22.0.